The zero-order valence-electron chi connectivity index (χ0n) is 9.83. The number of nitrogens with one attached hydrogen (secondary N) is 2. The van der Waals surface area contributed by atoms with Gasteiger partial charge in [0.05, 0.1) is 5.60 Å². The number of nitrogens with two attached hydrogens (primary N) is 1. The third kappa shape index (κ3) is 3.00. The van der Waals surface area contributed by atoms with Gasteiger partial charge in [0, 0.05) is 18.4 Å². The van der Waals surface area contributed by atoms with Crippen molar-refractivity contribution in [3.05, 3.63) is 18.0 Å². The van der Waals surface area contributed by atoms with Crippen LogP contribution in [0.4, 0.5) is 5.69 Å². The lowest BCUT2D eigenvalue weighted by atomic mass is 9.85. The molecule has 2 rings (SSSR count). The number of amides is 1. The van der Waals surface area contributed by atoms with Crippen molar-refractivity contribution in [1.29, 1.82) is 0 Å². The smallest absolute Gasteiger partial charge is 0.267 e. The molecule has 1 amide bonds. The predicted octanol–water partition coefficient (Wildman–Crippen LogP) is 1.02. The van der Waals surface area contributed by atoms with Gasteiger partial charge in [0.25, 0.3) is 5.91 Å². The van der Waals surface area contributed by atoms with E-state index in [4.69, 9.17) is 5.73 Å². The highest BCUT2D eigenvalue weighted by molar-refractivity contribution is 5.93. The van der Waals surface area contributed by atoms with Crippen molar-refractivity contribution in [2.75, 3.05) is 12.3 Å². The van der Waals surface area contributed by atoms with Gasteiger partial charge in [0.2, 0.25) is 0 Å². The number of rotatable bonds is 3. The van der Waals surface area contributed by atoms with Gasteiger partial charge in [-0.1, -0.05) is 19.3 Å². The van der Waals surface area contributed by atoms with Crippen LogP contribution in [0.15, 0.2) is 12.3 Å². The number of hydrogen-bond donors (Lipinski definition) is 4. The van der Waals surface area contributed by atoms with Crippen LogP contribution in [0.5, 0.6) is 0 Å². The van der Waals surface area contributed by atoms with Crippen LogP contribution in [0.3, 0.4) is 0 Å². The van der Waals surface area contributed by atoms with Crippen LogP contribution in [0, 0.1) is 0 Å². The van der Waals surface area contributed by atoms with Crippen molar-refractivity contribution in [2.45, 2.75) is 37.7 Å². The highest BCUT2D eigenvalue weighted by Gasteiger charge is 2.29. The van der Waals surface area contributed by atoms with E-state index in [0.717, 1.165) is 25.7 Å². The number of anilines is 1. The van der Waals surface area contributed by atoms with E-state index in [1.807, 2.05) is 0 Å². The van der Waals surface area contributed by atoms with Crippen LogP contribution < -0.4 is 11.1 Å². The molecule has 0 spiro atoms. The van der Waals surface area contributed by atoms with Gasteiger partial charge in [0.1, 0.15) is 5.69 Å². The van der Waals surface area contributed by atoms with Gasteiger partial charge in [-0.2, -0.15) is 0 Å². The molecule has 1 aromatic heterocycles. The summed E-state index contributed by atoms with van der Waals surface area (Å²) in [5, 5.41) is 13.0. The first-order valence-corrected chi connectivity index (χ1v) is 6.04. The fourth-order valence-corrected chi connectivity index (χ4v) is 2.27. The minimum atomic E-state index is -0.730. The topological polar surface area (TPSA) is 91.1 Å². The quantitative estimate of drug-likeness (QED) is 0.632. The maximum atomic E-state index is 11.7. The van der Waals surface area contributed by atoms with Crippen LogP contribution in [0.25, 0.3) is 0 Å². The predicted molar refractivity (Wildman–Crippen MR) is 65.6 cm³/mol. The van der Waals surface area contributed by atoms with E-state index in [9.17, 15) is 9.90 Å². The lowest BCUT2D eigenvalue weighted by Gasteiger charge is -2.32. The number of aromatic nitrogens is 1. The number of carbonyl (C=O) groups is 1. The lowest BCUT2D eigenvalue weighted by molar-refractivity contribution is 0.00522. The molecular formula is C12H19N3O2. The highest BCUT2D eigenvalue weighted by Crippen LogP contribution is 2.27. The van der Waals surface area contributed by atoms with Crippen LogP contribution in [0.2, 0.25) is 0 Å². The number of hydrogen-bond acceptors (Lipinski definition) is 3. The van der Waals surface area contributed by atoms with E-state index >= 15 is 0 Å². The molecule has 5 N–H and O–H groups in total. The Balaban J connectivity index is 1.87. The second-order valence-electron chi connectivity index (χ2n) is 4.81. The summed E-state index contributed by atoms with van der Waals surface area (Å²) in [6.45, 7) is 0.310. The Kier molecular flexibility index (Phi) is 3.38. The molecule has 1 aliphatic carbocycles. The van der Waals surface area contributed by atoms with E-state index in [2.05, 4.69) is 10.3 Å². The summed E-state index contributed by atoms with van der Waals surface area (Å²) in [4.78, 5) is 14.5. The Morgan fingerprint density at radius 1 is 1.47 bits per heavy atom. The normalized spacial score (nSPS) is 18.9. The second kappa shape index (κ2) is 4.79. The average molecular weight is 237 g/mol. The van der Waals surface area contributed by atoms with Gasteiger partial charge in [-0.15, -0.1) is 0 Å². The van der Waals surface area contributed by atoms with Crippen molar-refractivity contribution in [2.24, 2.45) is 0 Å². The van der Waals surface area contributed by atoms with E-state index in [1.165, 1.54) is 6.42 Å². The molecular weight excluding hydrogens is 218 g/mol. The third-order valence-electron chi connectivity index (χ3n) is 3.31. The first-order chi connectivity index (χ1) is 8.09. The third-order valence-corrected chi connectivity index (χ3v) is 3.31. The molecule has 0 unspecified atom stereocenters. The van der Waals surface area contributed by atoms with E-state index in [1.54, 1.807) is 12.3 Å². The van der Waals surface area contributed by atoms with Crippen molar-refractivity contribution in [3.8, 4) is 0 Å². The number of nitrogen functional groups attached to an aromatic ring is 1. The molecule has 1 aromatic rings. The van der Waals surface area contributed by atoms with Crippen LogP contribution in [-0.4, -0.2) is 28.1 Å². The summed E-state index contributed by atoms with van der Waals surface area (Å²) in [6, 6.07) is 1.58. The standard InChI is InChI=1S/C12H19N3O2/c13-9-6-10(14-7-9)11(16)15-8-12(17)4-2-1-3-5-12/h6-7,14,17H,1-5,8,13H2,(H,15,16). The highest BCUT2D eigenvalue weighted by atomic mass is 16.3. The molecule has 94 valence electrons. The number of aromatic amines is 1. The Labute approximate surface area is 100 Å². The molecule has 5 heteroatoms. The van der Waals surface area contributed by atoms with E-state index in [0.29, 0.717) is 17.9 Å². The fraction of sp³-hybridized carbons (Fsp3) is 0.583. The summed E-state index contributed by atoms with van der Waals surface area (Å²) in [5.41, 5.74) is 5.76. The minimum absolute atomic E-state index is 0.222. The molecule has 0 atom stereocenters. The van der Waals surface area contributed by atoms with Crippen molar-refractivity contribution in [3.63, 3.8) is 0 Å². The average Bonchev–Trinajstić information content (AvgIpc) is 2.74. The molecule has 1 heterocycles. The molecule has 1 fully saturated rings. The van der Waals surface area contributed by atoms with Crippen molar-refractivity contribution >= 4 is 11.6 Å². The molecule has 0 saturated heterocycles. The SMILES string of the molecule is Nc1c[nH]c(C(=O)NCC2(O)CCCCC2)c1. The second-order valence-corrected chi connectivity index (χ2v) is 4.81. The van der Waals surface area contributed by atoms with E-state index < -0.39 is 5.60 Å². The van der Waals surface area contributed by atoms with Gasteiger partial charge in [-0.05, 0) is 18.9 Å². The Morgan fingerprint density at radius 2 is 2.18 bits per heavy atom. The Hall–Kier alpha value is -1.49. The van der Waals surface area contributed by atoms with Gasteiger partial charge < -0.3 is 21.1 Å². The number of aliphatic hydroxyl groups is 1. The summed E-state index contributed by atoms with van der Waals surface area (Å²) in [5.74, 6) is -0.222. The Bertz CT molecular complexity index is 394. The molecule has 1 aliphatic rings. The fourth-order valence-electron chi connectivity index (χ4n) is 2.27. The molecule has 1 saturated carbocycles. The molecule has 0 radical (unpaired) electrons. The first-order valence-electron chi connectivity index (χ1n) is 6.04. The molecule has 5 nitrogen and oxygen atoms in total. The molecule has 17 heavy (non-hydrogen) atoms. The largest absolute Gasteiger partial charge is 0.397 e. The summed E-state index contributed by atoms with van der Waals surface area (Å²) >= 11 is 0. The van der Waals surface area contributed by atoms with E-state index in [-0.39, 0.29) is 5.91 Å². The zero-order chi connectivity index (χ0) is 12.3. The summed E-state index contributed by atoms with van der Waals surface area (Å²) in [7, 11) is 0. The van der Waals surface area contributed by atoms with Crippen molar-refractivity contribution in [1.82, 2.24) is 10.3 Å². The van der Waals surface area contributed by atoms with Gasteiger partial charge >= 0.3 is 0 Å². The van der Waals surface area contributed by atoms with Crippen LogP contribution >= 0.6 is 0 Å². The Morgan fingerprint density at radius 3 is 2.76 bits per heavy atom. The zero-order valence-corrected chi connectivity index (χ0v) is 9.83. The number of carbonyl (C=O) groups excluding carboxylic acids is 1. The minimum Gasteiger partial charge on any atom is -0.397 e. The van der Waals surface area contributed by atoms with Crippen molar-refractivity contribution < 1.29 is 9.90 Å². The summed E-state index contributed by atoms with van der Waals surface area (Å²) < 4.78 is 0. The maximum absolute atomic E-state index is 11.7. The lowest BCUT2D eigenvalue weighted by Crippen LogP contribution is -2.44. The molecule has 0 aliphatic heterocycles. The molecule has 0 aromatic carbocycles. The van der Waals surface area contributed by atoms with Gasteiger partial charge in [0.15, 0.2) is 0 Å². The monoisotopic (exact) mass is 237 g/mol. The number of H-pyrrole nitrogens is 1. The van der Waals surface area contributed by atoms with Gasteiger partial charge in [-0.25, -0.2) is 0 Å². The van der Waals surface area contributed by atoms with Gasteiger partial charge in [-0.3, -0.25) is 4.79 Å². The van der Waals surface area contributed by atoms with Crippen LogP contribution in [-0.2, 0) is 0 Å². The first kappa shape index (κ1) is 12.0. The summed E-state index contributed by atoms with van der Waals surface area (Å²) in [6.07, 6.45) is 6.33. The molecule has 0 bridgehead atoms. The van der Waals surface area contributed by atoms with Crippen LogP contribution in [0.1, 0.15) is 42.6 Å². The maximum Gasteiger partial charge on any atom is 0.267 e.